The summed E-state index contributed by atoms with van der Waals surface area (Å²) in [6.45, 7) is 5.79. The summed E-state index contributed by atoms with van der Waals surface area (Å²) in [5, 5.41) is 13.5. The van der Waals surface area contributed by atoms with Crippen molar-refractivity contribution in [3.63, 3.8) is 0 Å². The molecule has 28 heavy (non-hydrogen) atoms. The zero-order valence-corrected chi connectivity index (χ0v) is 17.9. The van der Waals surface area contributed by atoms with Gasteiger partial charge in [-0.1, -0.05) is 69.6 Å². The highest BCUT2D eigenvalue weighted by molar-refractivity contribution is 9.10. The highest BCUT2D eigenvalue weighted by atomic mass is 79.9. The molecule has 0 amide bonds. The van der Waals surface area contributed by atoms with Crippen molar-refractivity contribution in [3.8, 4) is 5.75 Å². The lowest BCUT2D eigenvalue weighted by Gasteiger charge is -2.23. The summed E-state index contributed by atoms with van der Waals surface area (Å²) in [6, 6.07) is 19.8. The first-order valence-corrected chi connectivity index (χ1v) is 10.1. The molecule has 1 N–H and O–H groups in total. The largest absolute Gasteiger partial charge is 0.507 e. The minimum atomic E-state index is -0.494. The second-order valence-corrected chi connectivity index (χ2v) is 8.24. The Labute approximate surface area is 174 Å². The molecule has 0 radical (unpaired) electrons. The van der Waals surface area contributed by atoms with E-state index in [4.69, 9.17) is 0 Å². The Morgan fingerprint density at radius 3 is 2.07 bits per heavy atom. The molecule has 0 saturated heterocycles. The first-order chi connectivity index (χ1) is 13.4. The number of benzene rings is 3. The van der Waals surface area contributed by atoms with Gasteiger partial charge in [-0.05, 0) is 72.7 Å². The Morgan fingerprint density at radius 1 is 0.893 bits per heavy atom. The molecular formula is C24H24BrNO2. The van der Waals surface area contributed by atoms with E-state index in [9.17, 15) is 10.0 Å². The van der Waals surface area contributed by atoms with Crippen LogP contribution in [0.25, 0.3) is 0 Å². The Bertz CT molecular complexity index is 959. The topological polar surface area (TPSA) is 49.7 Å². The third kappa shape index (κ3) is 4.33. The number of phenolic OH excluding ortho intramolecular Hbond substituents is 1. The Balaban J connectivity index is 2.04. The zero-order valence-electron chi connectivity index (χ0n) is 16.3. The third-order valence-corrected chi connectivity index (χ3v) is 5.85. The van der Waals surface area contributed by atoms with E-state index in [1.165, 1.54) is 11.1 Å². The molecule has 144 valence electrons. The number of hydrogen-bond acceptors (Lipinski definition) is 3. The van der Waals surface area contributed by atoms with E-state index in [0.29, 0.717) is 6.42 Å². The second kappa shape index (κ2) is 8.70. The fraction of sp³-hybridized carbons (Fsp3) is 0.250. The SMILES string of the molecule is Cc1ccccc1C(CC(N=O)c1cc(C)c(O)c(C)c1)c1ccc(Br)cc1. The van der Waals surface area contributed by atoms with E-state index >= 15 is 0 Å². The fourth-order valence-corrected chi connectivity index (χ4v) is 4.02. The van der Waals surface area contributed by atoms with Crippen molar-refractivity contribution < 1.29 is 5.11 Å². The summed E-state index contributed by atoms with van der Waals surface area (Å²) in [5.74, 6) is 0.322. The van der Waals surface area contributed by atoms with Gasteiger partial charge in [0.1, 0.15) is 11.8 Å². The van der Waals surface area contributed by atoms with Crippen LogP contribution in [0.2, 0.25) is 0 Å². The van der Waals surface area contributed by atoms with Crippen molar-refractivity contribution in [2.45, 2.75) is 39.2 Å². The van der Waals surface area contributed by atoms with Crippen LogP contribution in [0, 0.1) is 25.7 Å². The van der Waals surface area contributed by atoms with Crippen molar-refractivity contribution in [2.24, 2.45) is 5.18 Å². The Hall–Kier alpha value is -2.46. The molecule has 0 fully saturated rings. The maximum atomic E-state index is 11.8. The van der Waals surface area contributed by atoms with Crippen molar-refractivity contribution in [2.75, 3.05) is 0 Å². The molecule has 0 aliphatic rings. The minimum absolute atomic E-state index is 0.0476. The average Bonchev–Trinajstić information content (AvgIpc) is 2.68. The van der Waals surface area contributed by atoms with Crippen molar-refractivity contribution >= 4 is 15.9 Å². The lowest BCUT2D eigenvalue weighted by Crippen LogP contribution is -2.09. The van der Waals surface area contributed by atoms with Gasteiger partial charge < -0.3 is 5.11 Å². The van der Waals surface area contributed by atoms with E-state index in [1.54, 1.807) is 0 Å². The third-order valence-electron chi connectivity index (χ3n) is 5.32. The van der Waals surface area contributed by atoms with Gasteiger partial charge in [0, 0.05) is 10.4 Å². The van der Waals surface area contributed by atoms with Gasteiger partial charge in [0.15, 0.2) is 0 Å². The van der Waals surface area contributed by atoms with Crippen LogP contribution in [0.4, 0.5) is 0 Å². The standard InChI is InChI=1S/C24H24BrNO2/c1-15-6-4-5-7-21(15)22(18-8-10-20(25)11-9-18)14-23(26-28)19-12-16(2)24(27)17(3)13-19/h4-13,22-23,27H,14H2,1-3H3. The molecule has 0 spiro atoms. The molecule has 0 aliphatic heterocycles. The highest BCUT2D eigenvalue weighted by Crippen LogP contribution is 2.38. The summed E-state index contributed by atoms with van der Waals surface area (Å²) in [7, 11) is 0. The number of phenols is 1. The second-order valence-electron chi connectivity index (χ2n) is 7.32. The van der Waals surface area contributed by atoms with Gasteiger partial charge in [-0.2, -0.15) is 4.91 Å². The summed E-state index contributed by atoms with van der Waals surface area (Å²) >= 11 is 3.50. The molecule has 4 heteroatoms. The monoisotopic (exact) mass is 437 g/mol. The highest BCUT2D eigenvalue weighted by Gasteiger charge is 2.24. The molecule has 2 unspecified atom stereocenters. The lowest BCUT2D eigenvalue weighted by atomic mass is 9.82. The Morgan fingerprint density at radius 2 is 1.50 bits per heavy atom. The molecule has 3 aromatic rings. The van der Waals surface area contributed by atoms with E-state index < -0.39 is 6.04 Å². The minimum Gasteiger partial charge on any atom is -0.507 e. The predicted molar refractivity (Wildman–Crippen MR) is 118 cm³/mol. The number of nitroso groups, excluding NO2 is 1. The van der Waals surface area contributed by atoms with Crippen LogP contribution in [-0.4, -0.2) is 5.11 Å². The number of aromatic hydroxyl groups is 1. The number of halogens is 1. The summed E-state index contributed by atoms with van der Waals surface area (Å²) in [6.07, 6.45) is 0.569. The van der Waals surface area contributed by atoms with Crippen LogP contribution in [-0.2, 0) is 0 Å². The zero-order chi connectivity index (χ0) is 20.3. The van der Waals surface area contributed by atoms with Gasteiger partial charge in [-0.3, -0.25) is 0 Å². The fourth-order valence-electron chi connectivity index (χ4n) is 3.76. The smallest absolute Gasteiger partial charge is 0.121 e. The number of aryl methyl sites for hydroxylation is 3. The van der Waals surface area contributed by atoms with Crippen molar-refractivity contribution in [3.05, 3.63) is 103 Å². The quantitative estimate of drug-likeness (QED) is 0.417. The number of hydrogen-bond donors (Lipinski definition) is 1. The number of rotatable bonds is 6. The molecular weight excluding hydrogens is 414 g/mol. The van der Waals surface area contributed by atoms with Gasteiger partial charge >= 0.3 is 0 Å². The van der Waals surface area contributed by atoms with E-state index in [2.05, 4.69) is 52.3 Å². The van der Waals surface area contributed by atoms with E-state index in [-0.39, 0.29) is 11.7 Å². The summed E-state index contributed by atoms with van der Waals surface area (Å²) in [4.78, 5) is 11.8. The molecule has 0 aromatic heterocycles. The molecule has 3 aromatic carbocycles. The van der Waals surface area contributed by atoms with Gasteiger partial charge in [0.05, 0.1) is 0 Å². The molecule has 0 bridgehead atoms. The predicted octanol–water partition coefficient (Wildman–Crippen LogP) is 7.11. The van der Waals surface area contributed by atoms with Crippen molar-refractivity contribution in [1.29, 1.82) is 0 Å². The maximum absolute atomic E-state index is 11.8. The van der Waals surface area contributed by atoms with Crippen LogP contribution in [0.15, 0.2) is 70.3 Å². The van der Waals surface area contributed by atoms with Crippen LogP contribution >= 0.6 is 15.9 Å². The molecule has 3 rings (SSSR count). The average molecular weight is 438 g/mol. The van der Waals surface area contributed by atoms with Crippen LogP contribution in [0.1, 0.15) is 51.8 Å². The van der Waals surface area contributed by atoms with Crippen LogP contribution in [0.5, 0.6) is 5.75 Å². The molecule has 0 heterocycles. The van der Waals surface area contributed by atoms with Gasteiger partial charge in [0.25, 0.3) is 0 Å². The van der Waals surface area contributed by atoms with Crippen LogP contribution < -0.4 is 0 Å². The van der Waals surface area contributed by atoms with E-state index in [0.717, 1.165) is 26.7 Å². The molecule has 0 saturated carbocycles. The maximum Gasteiger partial charge on any atom is 0.121 e. The van der Waals surface area contributed by atoms with Crippen molar-refractivity contribution in [1.82, 2.24) is 0 Å². The summed E-state index contributed by atoms with van der Waals surface area (Å²) in [5.41, 5.74) is 5.92. The first-order valence-electron chi connectivity index (χ1n) is 9.34. The normalized spacial score (nSPS) is 13.1. The molecule has 2 atom stereocenters. The lowest BCUT2D eigenvalue weighted by molar-refractivity contribution is 0.466. The van der Waals surface area contributed by atoms with E-state index in [1.807, 2.05) is 50.2 Å². The first kappa shape index (κ1) is 20.3. The molecule has 3 nitrogen and oxygen atoms in total. The van der Waals surface area contributed by atoms with Gasteiger partial charge in [-0.25, -0.2) is 0 Å². The number of nitrogens with zero attached hydrogens (tertiary/aromatic N) is 1. The van der Waals surface area contributed by atoms with Gasteiger partial charge in [0.2, 0.25) is 0 Å². The summed E-state index contributed by atoms with van der Waals surface area (Å²) < 4.78 is 1.02. The molecule has 0 aliphatic carbocycles. The Kier molecular flexibility index (Phi) is 6.30. The van der Waals surface area contributed by atoms with Crippen LogP contribution in [0.3, 0.4) is 0 Å². The van der Waals surface area contributed by atoms with Gasteiger partial charge in [-0.15, -0.1) is 0 Å².